The molecule has 0 atom stereocenters. The molecule has 8 heteroatoms. The maximum absolute atomic E-state index is 12.5. The summed E-state index contributed by atoms with van der Waals surface area (Å²) < 4.78 is 1.43. The van der Waals surface area contributed by atoms with Gasteiger partial charge in [-0.15, -0.1) is 0 Å². The Labute approximate surface area is 153 Å². The molecule has 0 aliphatic carbocycles. The number of carbonyl (C=O) groups excluding carboxylic acids is 1. The molecule has 0 spiro atoms. The van der Waals surface area contributed by atoms with Gasteiger partial charge in [-0.2, -0.15) is 0 Å². The van der Waals surface area contributed by atoms with Crippen LogP contribution in [0.4, 0.5) is 5.95 Å². The third-order valence-corrected chi connectivity index (χ3v) is 4.48. The average Bonchev–Trinajstić information content (AvgIpc) is 2.62. The van der Waals surface area contributed by atoms with E-state index < -0.39 is 5.91 Å². The average molecular weight is 377 g/mol. The van der Waals surface area contributed by atoms with E-state index in [1.54, 1.807) is 42.5 Å². The summed E-state index contributed by atoms with van der Waals surface area (Å²) in [4.78, 5) is 29.2. The highest BCUT2D eigenvalue weighted by Gasteiger charge is 2.14. The summed E-state index contributed by atoms with van der Waals surface area (Å²) in [5.74, 6) is -0.254. The minimum atomic E-state index is -0.488. The van der Waals surface area contributed by atoms with Gasteiger partial charge in [-0.05, 0) is 31.2 Å². The molecule has 0 fully saturated rings. The standard InChI is InChI=1S/C17H14Cl2N4O2/c1-2-23-16(25)10-6-3-4-9-13(10)20-17(23)22-21-15(24)11-7-5-8-12(18)14(11)19/h3-9H,2H2,1H3,(H,20,22)(H,21,24). The number of hydrogen-bond acceptors (Lipinski definition) is 4. The normalized spacial score (nSPS) is 10.7. The molecule has 3 aromatic rings. The van der Waals surface area contributed by atoms with Crippen molar-refractivity contribution in [3.8, 4) is 0 Å². The second-order valence-electron chi connectivity index (χ2n) is 5.18. The smallest absolute Gasteiger partial charge is 0.271 e. The first-order valence-corrected chi connectivity index (χ1v) is 8.28. The molecular formula is C17H14Cl2N4O2. The molecule has 2 N–H and O–H groups in total. The minimum Gasteiger partial charge on any atom is -0.277 e. The molecule has 3 rings (SSSR count). The van der Waals surface area contributed by atoms with Gasteiger partial charge in [-0.3, -0.25) is 25.0 Å². The van der Waals surface area contributed by atoms with Crippen LogP contribution in [0.3, 0.4) is 0 Å². The summed E-state index contributed by atoms with van der Waals surface area (Å²) in [5.41, 5.74) is 5.75. The predicted molar refractivity (Wildman–Crippen MR) is 99.2 cm³/mol. The fourth-order valence-corrected chi connectivity index (χ4v) is 2.80. The number of hydrogen-bond donors (Lipinski definition) is 2. The van der Waals surface area contributed by atoms with Crippen LogP contribution in [-0.2, 0) is 6.54 Å². The highest BCUT2D eigenvalue weighted by atomic mass is 35.5. The van der Waals surface area contributed by atoms with Crippen LogP contribution in [0.1, 0.15) is 17.3 Å². The molecule has 1 amide bonds. The fraction of sp³-hybridized carbons (Fsp3) is 0.118. The Morgan fingerprint density at radius 2 is 1.92 bits per heavy atom. The number of aromatic nitrogens is 2. The molecule has 1 aromatic heterocycles. The number of rotatable bonds is 4. The zero-order valence-electron chi connectivity index (χ0n) is 13.2. The lowest BCUT2D eigenvalue weighted by molar-refractivity contribution is 0.0962. The van der Waals surface area contributed by atoms with Gasteiger partial charge in [0.15, 0.2) is 0 Å². The predicted octanol–water partition coefficient (Wildman–Crippen LogP) is 3.48. The van der Waals surface area contributed by atoms with E-state index in [4.69, 9.17) is 23.2 Å². The van der Waals surface area contributed by atoms with E-state index in [2.05, 4.69) is 15.8 Å². The van der Waals surface area contributed by atoms with Crippen LogP contribution >= 0.6 is 23.2 Å². The molecule has 25 heavy (non-hydrogen) atoms. The van der Waals surface area contributed by atoms with E-state index in [9.17, 15) is 9.59 Å². The first-order chi connectivity index (χ1) is 12.0. The van der Waals surface area contributed by atoms with Gasteiger partial charge in [0.1, 0.15) is 0 Å². The summed E-state index contributed by atoms with van der Waals surface area (Å²) in [6.07, 6.45) is 0. The Morgan fingerprint density at radius 1 is 1.16 bits per heavy atom. The quantitative estimate of drug-likeness (QED) is 0.683. The third-order valence-electron chi connectivity index (χ3n) is 3.66. The molecular weight excluding hydrogens is 363 g/mol. The molecule has 0 saturated carbocycles. The lowest BCUT2D eigenvalue weighted by atomic mass is 10.2. The number of hydrazine groups is 1. The summed E-state index contributed by atoms with van der Waals surface area (Å²) in [5, 5.41) is 0.950. The fourth-order valence-electron chi connectivity index (χ4n) is 2.42. The van der Waals surface area contributed by atoms with Gasteiger partial charge in [0.2, 0.25) is 5.95 Å². The second kappa shape index (κ2) is 7.13. The number of para-hydroxylation sites is 1. The summed E-state index contributed by atoms with van der Waals surface area (Å²) in [7, 11) is 0. The maximum Gasteiger partial charge on any atom is 0.271 e. The summed E-state index contributed by atoms with van der Waals surface area (Å²) in [6, 6.07) is 11.8. The maximum atomic E-state index is 12.5. The van der Waals surface area contributed by atoms with E-state index >= 15 is 0 Å². The van der Waals surface area contributed by atoms with Crippen molar-refractivity contribution in [1.29, 1.82) is 0 Å². The van der Waals surface area contributed by atoms with Gasteiger partial charge in [-0.1, -0.05) is 41.4 Å². The van der Waals surface area contributed by atoms with Gasteiger partial charge in [-0.25, -0.2) is 4.98 Å². The highest BCUT2D eigenvalue weighted by molar-refractivity contribution is 6.43. The van der Waals surface area contributed by atoms with Crippen LogP contribution in [0, 0.1) is 0 Å². The zero-order chi connectivity index (χ0) is 18.0. The van der Waals surface area contributed by atoms with Crippen molar-refractivity contribution in [3.63, 3.8) is 0 Å². The van der Waals surface area contributed by atoms with Crippen molar-refractivity contribution in [2.24, 2.45) is 0 Å². The topological polar surface area (TPSA) is 76.0 Å². The molecule has 6 nitrogen and oxygen atoms in total. The molecule has 0 saturated heterocycles. The second-order valence-corrected chi connectivity index (χ2v) is 5.97. The number of fused-ring (bicyclic) bond motifs is 1. The van der Waals surface area contributed by atoms with E-state index in [0.29, 0.717) is 17.4 Å². The van der Waals surface area contributed by atoms with Crippen molar-refractivity contribution < 1.29 is 4.79 Å². The van der Waals surface area contributed by atoms with Crippen LogP contribution in [0.5, 0.6) is 0 Å². The number of halogens is 2. The van der Waals surface area contributed by atoms with Crippen molar-refractivity contribution in [2.45, 2.75) is 13.5 Å². The monoisotopic (exact) mass is 376 g/mol. The number of nitrogens with one attached hydrogen (secondary N) is 2. The molecule has 0 aliphatic heterocycles. The number of amides is 1. The zero-order valence-corrected chi connectivity index (χ0v) is 14.7. The molecule has 2 aromatic carbocycles. The van der Waals surface area contributed by atoms with Crippen LogP contribution in [-0.4, -0.2) is 15.5 Å². The van der Waals surface area contributed by atoms with Gasteiger partial charge in [0.05, 0.1) is 26.5 Å². The highest BCUT2D eigenvalue weighted by Crippen LogP contribution is 2.25. The molecule has 128 valence electrons. The minimum absolute atomic E-state index is 0.155. The third kappa shape index (κ3) is 3.31. The number of benzene rings is 2. The SMILES string of the molecule is CCn1c(NNC(=O)c2cccc(Cl)c2Cl)nc2ccccc2c1=O. The van der Waals surface area contributed by atoms with E-state index in [1.165, 1.54) is 4.57 Å². The van der Waals surface area contributed by atoms with Gasteiger partial charge in [0, 0.05) is 6.54 Å². The number of anilines is 1. The van der Waals surface area contributed by atoms with Crippen LogP contribution in [0.2, 0.25) is 10.0 Å². The Balaban J connectivity index is 1.92. The number of carbonyl (C=O) groups is 1. The van der Waals surface area contributed by atoms with Crippen molar-refractivity contribution in [1.82, 2.24) is 15.0 Å². The van der Waals surface area contributed by atoms with E-state index in [-0.39, 0.29) is 27.1 Å². The van der Waals surface area contributed by atoms with Gasteiger partial charge < -0.3 is 0 Å². The first kappa shape index (κ1) is 17.3. The van der Waals surface area contributed by atoms with Crippen molar-refractivity contribution >= 4 is 46.0 Å². The van der Waals surface area contributed by atoms with Crippen molar-refractivity contribution in [2.75, 3.05) is 5.43 Å². The summed E-state index contributed by atoms with van der Waals surface area (Å²) in [6.45, 7) is 2.21. The Morgan fingerprint density at radius 3 is 2.68 bits per heavy atom. The lowest BCUT2D eigenvalue weighted by Gasteiger charge is -2.14. The van der Waals surface area contributed by atoms with Gasteiger partial charge in [0.25, 0.3) is 11.5 Å². The molecule has 0 unspecified atom stereocenters. The van der Waals surface area contributed by atoms with E-state index in [0.717, 1.165) is 0 Å². The Bertz CT molecular complexity index is 1020. The van der Waals surface area contributed by atoms with Gasteiger partial charge >= 0.3 is 0 Å². The number of nitrogens with zero attached hydrogens (tertiary/aromatic N) is 2. The molecule has 1 heterocycles. The van der Waals surface area contributed by atoms with Crippen LogP contribution in [0.25, 0.3) is 10.9 Å². The van der Waals surface area contributed by atoms with Crippen LogP contribution < -0.4 is 16.4 Å². The largest absolute Gasteiger partial charge is 0.277 e. The Hall–Kier alpha value is -2.57. The van der Waals surface area contributed by atoms with E-state index in [1.807, 2.05) is 6.92 Å². The summed E-state index contributed by atoms with van der Waals surface area (Å²) >= 11 is 12.0. The Kier molecular flexibility index (Phi) is 4.92. The molecule has 0 radical (unpaired) electrons. The lowest BCUT2D eigenvalue weighted by Crippen LogP contribution is -2.34. The molecule has 0 bridgehead atoms. The van der Waals surface area contributed by atoms with Crippen LogP contribution in [0.15, 0.2) is 47.3 Å². The first-order valence-electron chi connectivity index (χ1n) is 7.53. The van der Waals surface area contributed by atoms with Crippen molar-refractivity contribution in [3.05, 3.63) is 68.4 Å². The molecule has 0 aliphatic rings.